The zero-order chi connectivity index (χ0) is 12.4. The highest BCUT2D eigenvalue weighted by molar-refractivity contribution is 6.31. The molecular weight excluding hydrogens is 244 g/mol. The minimum atomic E-state index is -0.650. The molecule has 1 unspecified atom stereocenters. The van der Waals surface area contributed by atoms with Gasteiger partial charge in [-0.15, -0.1) is 0 Å². The minimum Gasteiger partial charge on any atom is -0.320 e. The Labute approximate surface area is 103 Å². The first-order chi connectivity index (χ1) is 8.08. The van der Waals surface area contributed by atoms with Crippen LogP contribution in [0.25, 0.3) is 0 Å². The van der Waals surface area contributed by atoms with Crippen LogP contribution in [-0.4, -0.2) is 0 Å². The molecule has 0 aliphatic rings. The summed E-state index contributed by atoms with van der Waals surface area (Å²) in [4.78, 5) is 0. The maximum absolute atomic E-state index is 13.1. The Kier molecular flexibility index (Phi) is 3.41. The van der Waals surface area contributed by atoms with Crippen molar-refractivity contribution >= 4 is 11.6 Å². The highest BCUT2D eigenvalue weighted by Crippen LogP contribution is 2.26. The molecule has 0 amide bonds. The molecule has 0 fully saturated rings. The van der Waals surface area contributed by atoms with Gasteiger partial charge in [-0.3, -0.25) is 0 Å². The van der Waals surface area contributed by atoms with Crippen molar-refractivity contribution in [1.29, 1.82) is 0 Å². The second-order valence-corrected chi connectivity index (χ2v) is 4.11. The number of benzene rings is 2. The summed E-state index contributed by atoms with van der Waals surface area (Å²) in [5.41, 5.74) is 6.93. The summed E-state index contributed by atoms with van der Waals surface area (Å²) >= 11 is 5.98. The fraction of sp³-hybridized carbons (Fsp3) is 0.0769. The van der Waals surface area contributed by atoms with Crippen LogP contribution in [0.4, 0.5) is 8.78 Å². The molecule has 0 spiro atoms. The maximum atomic E-state index is 13.1. The van der Waals surface area contributed by atoms with Crippen molar-refractivity contribution < 1.29 is 8.78 Å². The van der Waals surface area contributed by atoms with Gasteiger partial charge in [0, 0.05) is 11.1 Å². The van der Waals surface area contributed by atoms with Crippen LogP contribution in [0.1, 0.15) is 17.2 Å². The minimum absolute atomic E-state index is 0.357. The molecule has 0 radical (unpaired) electrons. The molecule has 0 aliphatic carbocycles. The van der Waals surface area contributed by atoms with E-state index < -0.39 is 17.7 Å². The van der Waals surface area contributed by atoms with Crippen molar-refractivity contribution in [3.8, 4) is 0 Å². The molecule has 2 N–H and O–H groups in total. The molecule has 17 heavy (non-hydrogen) atoms. The topological polar surface area (TPSA) is 26.0 Å². The van der Waals surface area contributed by atoms with E-state index in [1.54, 1.807) is 24.3 Å². The predicted molar refractivity (Wildman–Crippen MR) is 63.8 cm³/mol. The standard InChI is InChI=1S/C13H10ClF2N/c14-12-4-2-1-3-11(12)13(17)8-5-9(15)7-10(16)6-8/h1-7,13H,17H2. The Morgan fingerprint density at radius 1 is 1.00 bits per heavy atom. The molecule has 0 bridgehead atoms. The van der Waals surface area contributed by atoms with Gasteiger partial charge in [-0.05, 0) is 29.3 Å². The van der Waals surface area contributed by atoms with Crippen LogP contribution in [0, 0.1) is 11.6 Å². The number of rotatable bonds is 2. The Balaban J connectivity index is 2.43. The van der Waals surface area contributed by atoms with Crippen LogP contribution in [-0.2, 0) is 0 Å². The quantitative estimate of drug-likeness (QED) is 0.868. The summed E-state index contributed by atoms with van der Waals surface area (Å²) in [7, 11) is 0. The first kappa shape index (κ1) is 12.0. The first-order valence-corrected chi connectivity index (χ1v) is 5.41. The van der Waals surface area contributed by atoms with Crippen LogP contribution in [0.2, 0.25) is 5.02 Å². The summed E-state index contributed by atoms with van der Waals surface area (Å²) < 4.78 is 26.2. The van der Waals surface area contributed by atoms with E-state index in [1.807, 2.05) is 0 Å². The van der Waals surface area contributed by atoms with E-state index in [1.165, 1.54) is 12.1 Å². The molecule has 0 heterocycles. The predicted octanol–water partition coefficient (Wildman–Crippen LogP) is 3.67. The van der Waals surface area contributed by atoms with E-state index in [4.69, 9.17) is 17.3 Å². The summed E-state index contributed by atoms with van der Waals surface area (Å²) in [6.45, 7) is 0. The average Bonchev–Trinajstić information content (AvgIpc) is 2.27. The van der Waals surface area contributed by atoms with E-state index >= 15 is 0 Å². The highest BCUT2D eigenvalue weighted by Gasteiger charge is 2.13. The normalized spacial score (nSPS) is 12.5. The number of hydrogen-bond acceptors (Lipinski definition) is 1. The molecule has 2 rings (SSSR count). The fourth-order valence-corrected chi connectivity index (χ4v) is 1.91. The highest BCUT2D eigenvalue weighted by atomic mass is 35.5. The Bertz CT molecular complexity index is 522. The lowest BCUT2D eigenvalue weighted by molar-refractivity contribution is 0.577. The van der Waals surface area contributed by atoms with Crippen molar-refractivity contribution in [2.24, 2.45) is 5.73 Å². The van der Waals surface area contributed by atoms with Crippen molar-refractivity contribution in [1.82, 2.24) is 0 Å². The van der Waals surface area contributed by atoms with Gasteiger partial charge in [0.15, 0.2) is 0 Å². The van der Waals surface area contributed by atoms with Gasteiger partial charge in [0.2, 0.25) is 0 Å². The largest absolute Gasteiger partial charge is 0.320 e. The van der Waals surface area contributed by atoms with Crippen LogP contribution in [0.15, 0.2) is 42.5 Å². The Morgan fingerprint density at radius 3 is 2.18 bits per heavy atom. The van der Waals surface area contributed by atoms with Crippen LogP contribution in [0.3, 0.4) is 0 Å². The average molecular weight is 254 g/mol. The van der Waals surface area contributed by atoms with Gasteiger partial charge in [0.1, 0.15) is 11.6 Å². The van der Waals surface area contributed by atoms with Crippen molar-refractivity contribution in [3.63, 3.8) is 0 Å². The SMILES string of the molecule is NC(c1cc(F)cc(F)c1)c1ccccc1Cl. The van der Waals surface area contributed by atoms with Crippen molar-refractivity contribution in [3.05, 3.63) is 70.2 Å². The molecule has 0 aliphatic heterocycles. The third-order valence-corrected chi connectivity index (χ3v) is 2.83. The molecule has 0 aromatic heterocycles. The first-order valence-electron chi connectivity index (χ1n) is 5.04. The maximum Gasteiger partial charge on any atom is 0.126 e. The third kappa shape index (κ3) is 2.62. The number of nitrogens with two attached hydrogens (primary N) is 1. The molecule has 4 heteroatoms. The molecule has 0 saturated heterocycles. The zero-order valence-corrected chi connectivity index (χ0v) is 9.59. The Hall–Kier alpha value is -1.45. The molecule has 1 nitrogen and oxygen atoms in total. The zero-order valence-electron chi connectivity index (χ0n) is 8.83. The fourth-order valence-electron chi connectivity index (χ4n) is 1.66. The van der Waals surface area contributed by atoms with Crippen molar-refractivity contribution in [2.45, 2.75) is 6.04 Å². The van der Waals surface area contributed by atoms with Gasteiger partial charge in [0.05, 0.1) is 6.04 Å². The van der Waals surface area contributed by atoms with Gasteiger partial charge in [0.25, 0.3) is 0 Å². The number of halogens is 3. The molecule has 0 saturated carbocycles. The van der Waals surface area contributed by atoms with Crippen LogP contribution >= 0.6 is 11.6 Å². The van der Waals surface area contributed by atoms with Crippen molar-refractivity contribution in [2.75, 3.05) is 0 Å². The van der Waals surface area contributed by atoms with Gasteiger partial charge in [-0.2, -0.15) is 0 Å². The Morgan fingerprint density at radius 2 is 1.59 bits per heavy atom. The summed E-state index contributed by atoms with van der Waals surface area (Å²) in [6.07, 6.45) is 0. The van der Waals surface area contributed by atoms with E-state index in [0.29, 0.717) is 16.1 Å². The molecular formula is C13H10ClF2N. The monoisotopic (exact) mass is 253 g/mol. The third-order valence-electron chi connectivity index (χ3n) is 2.48. The van der Waals surface area contributed by atoms with Crippen LogP contribution < -0.4 is 5.73 Å². The van der Waals surface area contributed by atoms with E-state index in [9.17, 15) is 8.78 Å². The molecule has 2 aromatic rings. The van der Waals surface area contributed by atoms with E-state index in [0.717, 1.165) is 6.07 Å². The lowest BCUT2D eigenvalue weighted by Crippen LogP contribution is -2.13. The lowest BCUT2D eigenvalue weighted by atomic mass is 9.99. The van der Waals surface area contributed by atoms with E-state index in [2.05, 4.69) is 0 Å². The molecule has 2 aromatic carbocycles. The molecule has 1 atom stereocenters. The second kappa shape index (κ2) is 4.82. The van der Waals surface area contributed by atoms with Crippen LogP contribution in [0.5, 0.6) is 0 Å². The van der Waals surface area contributed by atoms with E-state index in [-0.39, 0.29) is 0 Å². The summed E-state index contributed by atoms with van der Waals surface area (Å²) in [6, 6.07) is 9.54. The second-order valence-electron chi connectivity index (χ2n) is 3.70. The smallest absolute Gasteiger partial charge is 0.126 e. The van der Waals surface area contributed by atoms with Gasteiger partial charge in [-0.1, -0.05) is 29.8 Å². The lowest BCUT2D eigenvalue weighted by Gasteiger charge is -2.14. The summed E-state index contributed by atoms with van der Waals surface area (Å²) in [5.74, 6) is -1.30. The van der Waals surface area contributed by atoms with Gasteiger partial charge >= 0.3 is 0 Å². The summed E-state index contributed by atoms with van der Waals surface area (Å²) in [5, 5.41) is 0.477. The number of hydrogen-bond donors (Lipinski definition) is 1. The molecule has 88 valence electrons. The van der Waals surface area contributed by atoms with Gasteiger partial charge < -0.3 is 5.73 Å². The van der Waals surface area contributed by atoms with Gasteiger partial charge in [-0.25, -0.2) is 8.78 Å².